The summed E-state index contributed by atoms with van der Waals surface area (Å²) in [5.41, 5.74) is 1.09. The number of hydrogen-bond acceptors (Lipinski definition) is 3. The van der Waals surface area contributed by atoms with Crippen molar-refractivity contribution in [2.45, 2.75) is 6.42 Å². The number of aliphatic hydroxyl groups is 1. The molecule has 4 heteroatoms. The fourth-order valence-electron chi connectivity index (χ4n) is 2.11. The van der Waals surface area contributed by atoms with Crippen LogP contribution in [0.1, 0.15) is 31.8 Å². The number of carbonyl (C=O) groups excluding carboxylic acids is 1. The predicted octanol–water partition coefficient (Wildman–Crippen LogP) is 2.15. The molecule has 0 aliphatic carbocycles. The van der Waals surface area contributed by atoms with Gasteiger partial charge in [-0.1, -0.05) is 42.5 Å². The van der Waals surface area contributed by atoms with Gasteiger partial charge in [0.1, 0.15) is 0 Å². The van der Waals surface area contributed by atoms with E-state index in [4.69, 9.17) is 5.11 Å². The van der Waals surface area contributed by atoms with E-state index in [1.807, 2.05) is 0 Å². The molecule has 2 aromatic rings. The maximum atomic E-state index is 12.5. The van der Waals surface area contributed by atoms with Crippen molar-refractivity contribution in [2.75, 3.05) is 6.61 Å². The average molecular weight is 270 g/mol. The zero-order valence-corrected chi connectivity index (χ0v) is 10.7. The molecule has 0 aliphatic rings. The maximum Gasteiger partial charge on any atom is 0.336 e. The van der Waals surface area contributed by atoms with E-state index >= 15 is 0 Å². The second-order valence-electron chi connectivity index (χ2n) is 4.31. The van der Waals surface area contributed by atoms with Crippen LogP contribution in [-0.4, -0.2) is 28.6 Å². The van der Waals surface area contributed by atoms with E-state index in [1.165, 1.54) is 6.07 Å². The summed E-state index contributed by atoms with van der Waals surface area (Å²) in [5, 5.41) is 18.3. The van der Waals surface area contributed by atoms with Crippen molar-refractivity contribution in [3.63, 3.8) is 0 Å². The molecule has 0 spiro atoms. The summed E-state index contributed by atoms with van der Waals surface area (Å²) in [6.45, 7) is -0.141. The van der Waals surface area contributed by atoms with Gasteiger partial charge in [0.2, 0.25) is 0 Å². The van der Waals surface area contributed by atoms with Gasteiger partial charge in [0.05, 0.1) is 5.56 Å². The summed E-state index contributed by atoms with van der Waals surface area (Å²) >= 11 is 0. The Morgan fingerprint density at radius 3 is 2.25 bits per heavy atom. The predicted molar refractivity (Wildman–Crippen MR) is 74.1 cm³/mol. The van der Waals surface area contributed by atoms with Crippen LogP contribution in [-0.2, 0) is 6.42 Å². The molecule has 20 heavy (non-hydrogen) atoms. The SMILES string of the molecule is O=C(O)c1cccc(CCO)c1C(=O)c1ccccc1. The molecular weight excluding hydrogens is 256 g/mol. The van der Waals surface area contributed by atoms with Gasteiger partial charge >= 0.3 is 5.97 Å². The van der Waals surface area contributed by atoms with Gasteiger partial charge in [-0.2, -0.15) is 0 Å². The van der Waals surface area contributed by atoms with Gasteiger partial charge in [-0.3, -0.25) is 4.79 Å². The molecule has 0 radical (unpaired) electrons. The molecule has 0 unspecified atom stereocenters. The van der Waals surface area contributed by atoms with Crippen molar-refractivity contribution < 1.29 is 19.8 Å². The highest BCUT2D eigenvalue weighted by molar-refractivity contribution is 6.15. The highest BCUT2D eigenvalue weighted by Crippen LogP contribution is 2.20. The van der Waals surface area contributed by atoms with Crippen molar-refractivity contribution in [1.82, 2.24) is 0 Å². The van der Waals surface area contributed by atoms with E-state index in [2.05, 4.69) is 0 Å². The lowest BCUT2D eigenvalue weighted by Crippen LogP contribution is -2.13. The number of benzene rings is 2. The van der Waals surface area contributed by atoms with Crippen molar-refractivity contribution in [3.8, 4) is 0 Å². The summed E-state index contributed by atoms with van der Waals surface area (Å²) in [6, 6.07) is 13.2. The molecule has 0 aliphatic heterocycles. The van der Waals surface area contributed by atoms with Gasteiger partial charge in [-0.25, -0.2) is 4.79 Å². The van der Waals surface area contributed by atoms with E-state index in [0.717, 1.165) is 0 Å². The molecule has 2 N–H and O–H groups in total. The molecule has 2 aromatic carbocycles. The highest BCUT2D eigenvalue weighted by atomic mass is 16.4. The molecule has 0 saturated carbocycles. The Kier molecular flexibility index (Phi) is 4.27. The number of aliphatic hydroxyl groups excluding tert-OH is 1. The van der Waals surface area contributed by atoms with Gasteiger partial charge in [-0.15, -0.1) is 0 Å². The van der Waals surface area contributed by atoms with Gasteiger partial charge in [0.15, 0.2) is 5.78 Å². The largest absolute Gasteiger partial charge is 0.478 e. The second-order valence-corrected chi connectivity index (χ2v) is 4.31. The van der Waals surface area contributed by atoms with Gasteiger partial charge in [-0.05, 0) is 18.1 Å². The lowest BCUT2D eigenvalue weighted by atomic mass is 9.92. The Hall–Kier alpha value is -2.46. The molecule has 4 nitrogen and oxygen atoms in total. The molecule has 0 heterocycles. The minimum atomic E-state index is -1.15. The van der Waals surface area contributed by atoms with Gasteiger partial charge < -0.3 is 10.2 Å². The van der Waals surface area contributed by atoms with E-state index in [0.29, 0.717) is 11.1 Å². The first kappa shape index (κ1) is 14.0. The van der Waals surface area contributed by atoms with Crippen LogP contribution in [0.5, 0.6) is 0 Å². The molecule has 0 atom stereocenters. The monoisotopic (exact) mass is 270 g/mol. The van der Waals surface area contributed by atoms with Crippen LogP contribution < -0.4 is 0 Å². The van der Waals surface area contributed by atoms with E-state index in [-0.39, 0.29) is 29.9 Å². The van der Waals surface area contributed by atoms with Crippen LogP contribution in [0.15, 0.2) is 48.5 Å². The number of rotatable bonds is 5. The standard InChI is InChI=1S/C16H14O4/c17-10-9-11-7-4-8-13(16(19)20)14(11)15(18)12-5-2-1-3-6-12/h1-8,17H,9-10H2,(H,19,20). The van der Waals surface area contributed by atoms with E-state index < -0.39 is 5.97 Å². The molecule has 0 fully saturated rings. The Morgan fingerprint density at radius 1 is 0.950 bits per heavy atom. The maximum absolute atomic E-state index is 12.5. The number of carboxylic acids is 1. The smallest absolute Gasteiger partial charge is 0.336 e. The lowest BCUT2D eigenvalue weighted by Gasteiger charge is -2.11. The zero-order valence-electron chi connectivity index (χ0n) is 10.7. The van der Waals surface area contributed by atoms with Crippen LogP contribution >= 0.6 is 0 Å². The van der Waals surface area contributed by atoms with Gasteiger partial charge in [0, 0.05) is 17.7 Å². The lowest BCUT2D eigenvalue weighted by molar-refractivity contribution is 0.0692. The first-order valence-electron chi connectivity index (χ1n) is 6.21. The van der Waals surface area contributed by atoms with Crippen LogP contribution in [0.3, 0.4) is 0 Å². The van der Waals surface area contributed by atoms with Crippen molar-refractivity contribution in [1.29, 1.82) is 0 Å². The number of ketones is 1. The Morgan fingerprint density at radius 2 is 1.65 bits per heavy atom. The Labute approximate surface area is 116 Å². The van der Waals surface area contributed by atoms with Gasteiger partial charge in [0.25, 0.3) is 0 Å². The minimum Gasteiger partial charge on any atom is -0.478 e. The molecule has 102 valence electrons. The fourth-order valence-corrected chi connectivity index (χ4v) is 2.11. The van der Waals surface area contributed by atoms with E-state index in [9.17, 15) is 14.7 Å². The molecule has 0 bridgehead atoms. The third kappa shape index (κ3) is 2.75. The third-order valence-electron chi connectivity index (χ3n) is 3.03. The number of carbonyl (C=O) groups is 2. The first-order valence-corrected chi connectivity index (χ1v) is 6.21. The molecule has 0 amide bonds. The average Bonchev–Trinajstić information content (AvgIpc) is 2.47. The molecule has 2 rings (SSSR count). The molecular formula is C16H14O4. The number of aromatic carboxylic acids is 1. The second kappa shape index (κ2) is 6.12. The quantitative estimate of drug-likeness (QED) is 0.816. The highest BCUT2D eigenvalue weighted by Gasteiger charge is 2.21. The summed E-state index contributed by atoms with van der Waals surface area (Å²) in [6.07, 6.45) is 0.245. The van der Waals surface area contributed by atoms with Crippen LogP contribution in [0.4, 0.5) is 0 Å². The molecule has 0 saturated heterocycles. The van der Waals surface area contributed by atoms with Crippen molar-refractivity contribution in [2.24, 2.45) is 0 Å². The Bertz CT molecular complexity index is 632. The third-order valence-corrected chi connectivity index (χ3v) is 3.03. The van der Waals surface area contributed by atoms with Crippen molar-refractivity contribution in [3.05, 3.63) is 70.8 Å². The van der Waals surface area contributed by atoms with Crippen LogP contribution in [0.25, 0.3) is 0 Å². The first-order chi connectivity index (χ1) is 9.65. The van der Waals surface area contributed by atoms with E-state index in [1.54, 1.807) is 42.5 Å². The normalized spacial score (nSPS) is 10.2. The summed E-state index contributed by atoms with van der Waals surface area (Å²) in [4.78, 5) is 23.8. The summed E-state index contributed by atoms with van der Waals surface area (Å²) in [5.74, 6) is -1.49. The number of hydrogen-bond donors (Lipinski definition) is 2. The summed E-state index contributed by atoms with van der Waals surface area (Å²) < 4.78 is 0. The number of carboxylic acid groups (broad SMARTS) is 1. The van der Waals surface area contributed by atoms with Crippen LogP contribution in [0, 0.1) is 0 Å². The minimum absolute atomic E-state index is 0.0372. The van der Waals surface area contributed by atoms with Crippen molar-refractivity contribution >= 4 is 11.8 Å². The Balaban J connectivity index is 2.58. The zero-order chi connectivity index (χ0) is 14.5. The summed E-state index contributed by atoms with van der Waals surface area (Å²) in [7, 11) is 0. The van der Waals surface area contributed by atoms with Crippen LogP contribution in [0.2, 0.25) is 0 Å². The fraction of sp³-hybridized carbons (Fsp3) is 0.125. The molecule has 0 aromatic heterocycles. The topological polar surface area (TPSA) is 74.6 Å².